The molecular weight excluding hydrogens is 526 g/mol. The smallest absolute Gasteiger partial charge is 0.0575 e. The first kappa shape index (κ1) is 40.9. The maximum absolute atomic E-state index is 6.52. The molecule has 0 N–H and O–H groups in total. The highest BCUT2D eigenvalue weighted by Crippen LogP contribution is 2.24. The van der Waals surface area contributed by atoms with E-state index in [1.165, 1.54) is 212 Å². The summed E-state index contributed by atoms with van der Waals surface area (Å²) in [5.74, 6) is 1.02. The van der Waals surface area contributed by atoms with Crippen molar-refractivity contribution in [3.8, 4) is 0 Å². The summed E-state index contributed by atoms with van der Waals surface area (Å²) in [6, 6.07) is 0. The number of piperidine rings is 1. The average molecular weight is 608 g/mol. The molecule has 0 radical (unpaired) electrons. The monoisotopic (exact) mass is 608 g/mol. The van der Waals surface area contributed by atoms with E-state index in [9.17, 15) is 0 Å². The molecule has 0 saturated carbocycles. The largest absolute Gasteiger partial charge is 0.385 e. The normalized spacial score (nSPS) is 15.1. The molecular formula is C40H81NO2. The van der Waals surface area contributed by atoms with Crippen LogP contribution in [0.25, 0.3) is 0 Å². The van der Waals surface area contributed by atoms with Crippen LogP contribution in [0.3, 0.4) is 0 Å². The molecule has 0 spiro atoms. The summed E-state index contributed by atoms with van der Waals surface area (Å²) in [6.07, 6.45) is 42.5. The van der Waals surface area contributed by atoms with E-state index in [-0.39, 0.29) is 0 Å². The highest BCUT2D eigenvalue weighted by Gasteiger charge is 2.12. The first-order valence-electron chi connectivity index (χ1n) is 20.1. The molecule has 0 bridgehead atoms. The van der Waals surface area contributed by atoms with Crippen LogP contribution in [0.4, 0.5) is 0 Å². The van der Waals surface area contributed by atoms with Gasteiger partial charge in [-0.1, -0.05) is 168 Å². The Balaban J connectivity index is 2.13. The predicted molar refractivity (Wildman–Crippen MR) is 191 cm³/mol. The summed E-state index contributed by atoms with van der Waals surface area (Å²) in [5, 5.41) is 0. The number of unbranched alkanes of at least 4 members (excludes halogenated alkanes) is 17. The van der Waals surface area contributed by atoms with Crippen LogP contribution in [0.2, 0.25) is 0 Å². The summed E-state index contributed by atoms with van der Waals surface area (Å²) in [7, 11) is 1.81. The Labute approximate surface area is 272 Å². The lowest BCUT2D eigenvalue weighted by Crippen LogP contribution is -2.31. The van der Waals surface area contributed by atoms with E-state index in [1.54, 1.807) is 0 Å². The van der Waals surface area contributed by atoms with E-state index in [4.69, 9.17) is 9.47 Å². The number of ether oxygens (including phenoxy) is 2. The van der Waals surface area contributed by atoms with Crippen LogP contribution in [0.15, 0.2) is 0 Å². The second-order valence-corrected chi connectivity index (χ2v) is 14.3. The summed E-state index contributed by atoms with van der Waals surface area (Å²) in [4.78, 5) is 2.66. The fraction of sp³-hybridized carbons (Fsp3) is 1.00. The third-order valence-corrected chi connectivity index (χ3v) is 10.1. The van der Waals surface area contributed by atoms with Gasteiger partial charge in [-0.3, -0.25) is 0 Å². The molecule has 1 rings (SSSR count). The standard InChI is InChI=1S/C40H81NO2/c1-4-6-20-29-39(30-21-7-5-2)31-22-15-11-8-9-12-16-23-32-40(33-24-17-13-10-14-18-27-37-42-3)43-38-28-36-41-34-25-19-26-35-41/h39-40H,4-38H2,1-3H3. The minimum absolute atomic E-state index is 0.505. The minimum Gasteiger partial charge on any atom is -0.385 e. The average Bonchev–Trinajstić information content (AvgIpc) is 3.03. The van der Waals surface area contributed by atoms with E-state index in [0.29, 0.717) is 6.10 Å². The molecule has 1 atom stereocenters. The first-order valence-corrected chi connectivity index (χ1v) is 20.1. The zero-order chi connectivity index (χ0) is 30.9. The van der Waals surface area contributed by atoms with Crippen molar-refractivity contribution in [1.29, 1.82) is 0 Å². The van der Waals surface area contributed by atoms with Crippen molar-refractivity contribution < 1.29 is 9.47 Å². The van der Waals surface area contributed by atoms with Gasteiger partial charge in [0.2, 0.25) is 0 Å². The van der Waals surface area contributed by atoms with Crippen LogP contribution in [-0.2, 0) is 9.47 Å². The second-order valence-electron chi connectivity index (χ2n) is 14.3. The number of rotatable bonds is 34. The molecule has 1 saturated heterocycles. The highest BCUT2D eigenvalue weighted by molar-refractivity contribution is 4.66. The van der Waals surface area contributed by atoms with Crippen LogP contribution in [0, 0.1) is 5.92 Å². The van der Waals surface area contributed by atoms with Gasteiger partial charge in [0, 0.05) is 26.9 Å². The van der Waals surface area contributed by atoms with Crippen LogP contribution in [0.1, 0.15) is 206 Å². The van der Waals surface area contributed by atoms with E-state index in [2.05, 4.69) is 18.7 Å². The summed E-state index contributed by atoms with van der Waals surface area (Å²) >= 11 is 0. The number of hydrogen-bond acceptors (Lipinski definition) is 3. The van der Waals surface area contributed by atoms with E-state index in [0.717, 1.165) is 19.1 Å². The van der Waals surface area contributed by atoms with Crippen molar-refractivity contribution in [2.75, 3.05) is 40.0 Å². The zero-order valence-corrected chi connectivity index (χ0v) is 30.2. The molecule has 1 unspecified atom stereocenters. The molecule has 0 amide bonds. The van der Waals surface area contributed by atoms with Gasteiger partial charge in [-0.05, 0) is 57.5 Å². The fourth-order valence-electron chi connectivity index (χ4n) is 7.20. The number of nitrogens with zero attached hydrogens (tertiary/aromatic N) is 1. The lowest BCUT2D eigenvalue weighted by Gasteiger charge is -2.26. The molecule has 0 aromatic carbocycles. The SMILES string of the molecule is CCCCCC(CCCCC)CCCCCCCCCCC(CCCCCCCCCOC)OCCCN1CCCCC1. The van der Waals surface area contributed by atoms with Crippen molar-refractivity contribution >= 4 is 0 Å². The van der Waals surface area contributed by atoms with E-state index < -0.39 is 0 Å². The third kappa shape index (κ3) is 27.9. The van der Waals surface area contributed by atoms with Gasteiger partial charge in [0.05, 0.1) is 6.10 Å². The van der Waals surface area contributed by atoms with Crippen molar-refractivity contribution in [3.63, 3.8) is 0 Å². The van der Waals surface area contributed by atoms with Gasteiger partial charge in [-0.2, -0.15) is 0 Å². The quantitative estimate of drug-likeness (QED) is 0.0679. The number of methoxy groups -OCH3 is 1. The summed E-state index contributed by atoms with van der Waals surface area (Å²) in [6.45, 7) is 10.4. The number of hydrogen-bond donors (Lipinski definition) is 0. The highest BCUT2D eigenvalue weighted by atomic mass is 16.5. The Kier molecular flexibility index (Phi) is 31.6. The summed E-state index contributed by atoms with van der Waals surface area (Å²) in [5.41, 5.74) is 0. The minimum atomic E-state index is 0.505. The van der Waals surface area contributed by atoms with Crippen molar-refractivity contribution in [1.82, 2.24) is 4.90 Å². The van der Waals surface area contributed by atoms with Gasteiger partial charge < -0.3 is 14.4 Å². The van der Waals surface area contributed by atoms with Gasteiger partial charge in [0.25, 0.3) is 0 Å². The van der Waals surface area contributed by atoms with Crippen LogP contribution < -0.4 is 0 Å². The molecule has 1 fully saturated rings. The molecule has 1 heterocycles. The Morgan fingerprint density at radius 3 is 1.40 bits per heavy atom. The van der Waals surface area contributed by atoms with Crippen molar-refractivity contribution in [2.24, 2.45) is 5.92 Å². The Hall–Kier alpha value is -0.120. The lowest BCUT2D eigenvalue weighted by molar-refractivity contribution is 0.0317. The first-order chi connectivity index (χ1) is 21.3. The lowest BCUT2D eigenvalue weighted by atomic mass is 9.90. The Bertz CT molecular complexity index is 511. The molecule has 3 heteroatoms. The van der Waals surface area contributed by atoms with Gasteiger partial charge in [0.15, 0.2) is 0 Å². The van der Waals surface area contributed by atoms with Crippen molar-refractivity contribution in [3.05, 3.63) is 0 Å². The van der Waals surface area contributed by atoms with Gasteiger partial charge >= 0.3 is 0 Å². The maximum Gasteiger partial charge on any atom is 0.0575 e. The predicted octanol–water partition coefficient (Wildman–Crippen LogP) is 12.7. The Morgan fingerprint density at radius 1 is 0.465 bits per heavy atom. The maximum atomic E-state index is 6.52. The molecule has 0 aromatic heterocycles. The molecule has 43 heavy (non-hydrogen) atoms. The van der Waals surface area contributed by atoms with E-state index in [1.807, 2.05) is 7.11 Å². The molecule has 3 nitrogen and oxygen atoms in total. The molecule has 1 aliphatic rings. The third-order valence-electron chi connectivity index (χ3n) is 10.1. The fourth-order valence-corrected chi connectivity index (χ4v) is 7.20. The van der Waals surface area contributed by atoms with Crippen LogP contribution in [0.5, 0.6) is 0 Å². The molecule has 0 aromatic rings. The van der Waals surface area contributed by atoms with Crippen molar-refractivity contribution in [2.45, 2.75) is 213 Å². The summed E-state index contributed by atoms with van der Waals surface area (Å²) < 4.78 is 11.7. The topological polar surface area (TPSA) is 21.7 Å². The van der Waals surface area contributed by atoms with Gasteiger partial charge in [-0.25, -0.2) is 0 Å². The number of likely N-dealkylation sites (tertiary alicyclic amines) is 1. The zero-order valence-electron chi connectivity index (χ0n) is 30.2. The second kappa shape index (κ2) is 33.2. The molecule has 258 valence electrons. The molecule has 1 aliphatic heterocycles. The Morgan fingerprint density at radius 2 is 0.907 bits per heavy atom. The van der Waals surface area contributed by atoms with Crippen LogP contribution in [-0.4, -0.2) is 51.0 Å². The van der Waals surface area contributed by atoms with Gasteiger partial charge in [0.1, 0.15) is 0 Å². The van der Waals surface area contributed by atoms with Crippen LogP contribution >= 0.6 is 0 Å². The van der Waals surface area contributed by atoms with Gasteiger partial charge in [-0.15, -0.1) is 0 Å². The molecule has 0 aliphatic carbocycles. The van der Waals surface area contributed by atoms with E-state index >= 15 is 0 Å².